The monoisotopic (exact) mass is 185 g/mol. The molecule has 1 aromatic heterocycles. The Bertz CT molecular complexity index is 299. The van der Waals surface area contributed by atoms with Gasteiger partial charge < -0.3 is 9.15 Å². The number of methoxy groups -OCH3 is 1. The van der Waals surface area contributed by atoms with Gasteiger partial charge in [-0.2, -0.15) is 0 Å². The minimum absolute atomic E-state index is 0.0962. The molecule has 0 bridgehead atoms. The highest BCUT2D eigenvalue weighted by Crippen LogP contribution is 2.08. The summed E-state index contributed by atoms with van der Waals surface area (Å²) in [6, 6.07) is 2.52. The largest absolute Gasteiger partial charge is 0.463 e. The minimum Gasteiger partial charge on any atom is -0.463 e. The van der Waals surface area contributed by atoms with Crippen LogP contribution in [0.5, 0.6) is 0 Å². The fraction of sp³-hybridized carbons (Fsp3) is 0.143. The van der Waals surface area contributed by atoms with Crippen LogP contribution < -0.4 is 5.48 Å². The second-order valence-electron chi connectivity index (χ2n) is 2.10. The molecular weight excluding hydrogens is 178 g/mol. The number of amides is 1. The molecule has 1 aromatic rings. The Hall–Kier alpha value is -1.82. The van der Waals surface area contributed by atoms with Crippen molar-refractivity contribution in [3.8, 4) is 0 Å². The van der Waals surface area contributed by atoms with E-state index in [-0.39, 0.29) is 11.5 Å². The molecule has 0 saturated carbocycles. The Morgan fingerprint density at radius 1 is 1.46 bits per heavy atom. The Kier molecular flexibility index (Phi) is 2.65. The van der Waals surface area contributed by atoms with Crippen LogP contribution >= 0.6 is 0 Å². The van der Waals surface area contributed by atoms with Crippen LogP contribution in [0.1, 0.15) is 21.1 Å². The van der Waals surface area contributed by atoms with E-state index in [1.807, 2.05) is 0 Å². The van der Waals surface area contributed by atoms with Gasteiger partial charge in [0.05, 0.1) is 7.11 Å². The third-order valence-corrected chi connectivity index (χ3v) is 1.32. The molecule has 0 fully saturated rings. The molecule has 1 heterocycles. The Morgan fingerprint density at radius 3 is 2.62 bits per heavy atom. The van der Waals surface area contributed by atoms with Crippen molar-refractivity contribution in [1.29, 1.82) is 0 Å². The van der Waals surface area contributed by atoms with Crippen molar-refractivity contribution in [1.82, 2.24) is 5.48 Å². The second kappa shape index (κ2) is 3.72. The fourth-order valence-corrected chi connectivity index (χ4v) is 0.725. The maximum absolute atomic E-state index is 10.8. The number of carbonyl (C=O) groups excluding carboxylic acids is 2. The van der Waals surface area contributed by atoms with E-state index >= 15 is 0 Å². The molecule has 0 aliphatic heterocycles. The summed E-state index contributed by atoms with van der Waals surface area (Å²) in [4.78, 5) is 21.6. The van der Waals surface area contributed by atoms with Gasteiger partial charge in [0.15, 0.2) is 5.76 Å². The molecule has 0 unspecified atom stereocenters. The molecule has 1 rings (SSSR count). The first-order valence-corrected chi connectivity index (χ1v) is 3.31. The maximum atomic E-state index is 10.8. The molecule has 0 radical (unpaired) electrons. The first-order valence-electron chi connectivity index (χ1n) is 3.31. The highest BCUT2D eigenvalue weighted by atomic mass is 16.5. The summed E-state index contributed by atoms with van der Waals surface area (Å²) in [5, 5.41) is 8.22. The predicted octanol–water partition coefficient (Wildman–Crippen LogP) is 0.185. The first-order chi connectivity index (χ1) is 6.19. The van der Waals surface area contributed by atoms with Gasteiger partial charge in [-0.1, -0.05) is 0 Å². The molecule has 2 N–H and O–H groups in total. The van der Waals surface area contributed by atoms with Gasteiger partial charge in [0.25, 0.3) is 0 Å². The zero-order valence-electron chi connectivity index (χ0n) is 6.73. The molecule has 0 saturated heterocycles. The summed E-state index contributed by atoms with van der Waals surface area (Å²) in [5.74, 6) is -1.77. The van der Waals surface area contributed by atoms with E-state index < -0.39 is 11.9 Å². The lowest BCUT2D eigenvalue weighted by molar-refractivity contribution is 0.0556. The van der Waals surface area contributed by atoms with Crippen LogP contribution in [-0.2, 0) is 4.74 Å². The fourth-order valence-electron chi connectivity index (χ4n) is 0.725. The van der Waals surface area contributed by atoms with Crippen molar-refractivity contribution >= 4 is 11.9 Å². The minimum atomic E-state index is -0.824. The highest BCUT2D eigenvalue weighted by Gasteiger charge is 2.14. The second-order valence-corrected chi connectivity index (χ2v) is 2.10. The zero-order valence-corrected chi connectivity index (χ0v) is 6.73. The Balaban J connectivity index is 2.86. The lowest BCUT2D eigenvalue weighted by Gasteiger charge is -1.93. The van der Waals surface area contributed by atoms with E-state index in [0.29, 0.717) is 0 Å². The summed E-state index contributed by atoms with van der Waals surface area (Å²) in [6.07, 6.45) is 0. The van der Waals surface area contributed by atoms with E-state index in [2.05, 4.69) is 4.74 Å². The maximum Gasteiger partial charge on any atom is 0.373 e. The molecule has 70 valence electrons. The van der Waals surface area contributed by atoms with Crippen LogP contribution in [0.15, 0.2) is 16.5 Å². The van der Waals surface area contributed by atoms with Gasteiger partial charge in [-0.15, -0.1) is 0 Å². The van der Waals surface area contributed by atoms with Gasteiger partial charge in [-0.3, -0.25) is 10.0 Å². The number of furan rings is 1. The van der Waals surface area contributed by atoms with Crippen molar-refractivity contribution in [3.63, 3.8) is 0 Å². The first kappa shape index (κ1) is 9.27. The van der Waals surface area contributed by atoms with Crippen molar-refractivity contribution in [3.05, 3.63) is 23.7 Å². The number of nitrogens with one attached hydrogen (secondary N) is 1. The van der Waals surface area contributed by atoms with E-state index in [0.717, 1.165) is 0 Å². The van der Waals surface area contributed by atoms with Crippen LogP contribution in [0.3, 0.4) is 0 Å². The standard InChI is InChI=1S/C7H7NO5/c1-12-7(10)5-3-2-4(13-5)6(9)8-11/h2-3,11H,1H3,(H,8,9). The third kappa shape index (κ3) is 1.85. The van der Waals surface area contributed by atoms with Gasteiger partial charge >= 0.3 is 11.9 Å². The molecule has 6 heteroatoms. The van der Waals surface area contributed by atoms with Gasteiger partial charge in [-0.05, 0) is 12.1 Å². The third-order valence-electron chi connectivity index (χ3n) is 1.32. The van der Waals surface area contributed by atoms with E-state index in [4.69, 9.17) is 9.62 Å². The molecule has 0 spiro atoms. The molecule has 0 aliphatic rings. The van der Waals surface area contributed by atoms with Crippen molar-refractivity contribution < 1.29 is 24.0 Å². The SMILES string of the molecule is COC(=O)c1ccc(C(=O)NO)o1. The van der Waals surface area contributed by atoms with E-state index in [1.165, 1.54) is 24.7 Å². The van der Waals surface area contributed by atoms with Crippen LogP contribution in [0.25, 0.3) is 0 Å². The molecule has 0 aliphatic carbocycles. The smallest absolute Gasteiger partial charge is 0.373 e. The number of hydroxylamine groups is 1. The predicted molar refractivity (Wildman–Crippen MR) is 39.3 cm³/mol. The molecule has 13 heavy (non-hydrogen) atoms. The van der Waals surface area contributed by atoms with Crippen molar-refractivity contribution in [2.45, 2.75) is 0 Å². The molecule has 0 atom stereocenters. The molecule has 1 amide bonds. The van der Waals surface area contributed by atoms with Crippen LogP contribution in [0, 0.1) is 0 Å². The normalized spacial score (nSPS) is 9.38. The number of carbonyl (C=O) groups is 2. The molecule has 0 aromatic carbocycles. The summed E-state index contributed by atoms with van der Waals surface area (Å²) >= 11 is 0. The summed E-state index contributed by atoms with van der Waals surface area (Å²) < 4.78 is 9.08. The van der Waals surface area contributed by atoms with Gasteiger partial charge in [-0.25, -0.2) is 10.3 Å². The Morgan fingerprint density at radius 2 is 2.08 bits per heavy atom. The number of rotatable bonds is 2. The van der Waals surface area contributed by atoms with E-state index in [1.54, 1.807) is 0 Å². The summed E-state index contributed by atoms with van der Waals surface area (Å²) in [6.45, 7) is 0. The number of esters is 1. The summed E-state index contributed by atoms with van der Waals surface area (Å²) in [7, 11) is 1.19. The Labute approximate surface area is 73.1 Å². The van der Waals surface area contributed by atoms with Gasteiger partial charge in [0.1, 0.15) is 0 Å². The summed E-state index contributed by atoms with van der Waals surface area (Å²) in [5.41, 5.74) is 1.37. The topological polar surface area (TPSA) is 88.8 Å². The van der Waals surface area contributed by atoms with E-state index in [9.17, 15) is 9.59 Å². The number of hydrogen-bond acceptors (Lipinski definition) is 5. The van der Waals surface area contributed by atoms with Gasteiger partial charge in [0.2, 0.25) is 5.76 Å². The average Bonchev–Trinajstić information content (AvgIpc) is 2.64. The van der Waals surface area contributed by atoms with Crippen LogP contribution in [0.2, 0.25) is 0 Å². The van der Waals surface area contributed by atoms with Crippen molar-refractivity contribution in [2.24, 2.45) is 0 Å². The molecular formula is C7H7NO5. The lowest BCUT2D eigenvalue weighted by Crippen LogP contribution is -2.17. The van der Waals surface area contributed by atoms with Crippen molar-refractivity contribution in [2.75, 3.05) is 7.11 Å². The molecule has 6 nitrogen and oxygen atoms in total. The highest BCUT2D eigenvalue weighted by molar-refractivity contribution is 5.93. The van der Waals surface area contributed by atoms with Crippen LogP contribution in [0.4, 0.5) is 0 Å². The van der Waals surface area contributed by atoms with Crippen LogP contribution in [-0.4, -0.2) is 24.2 Å². The zero-order chi connectivity index (χ0) is 9.84. The average molecular weight is 185 g/mol. The quantitative estimate of drug-likeness (QED) is 0.390. The number of hydrogen-bond donors (Lipinski definition) is 2. The lowest BCUT2D eigenvalue weighted by atomic mass is 10.4. The van der Waals surface area contributed by atoms with Gasteiger partial charge in [0, 0.05) is 0 Å². The number of ether oxygens (including phenoxy) is 1.